The lowest BCUT2D eigenvalue weighted by molar-refractivity contribution is 0.949. The van der Waals surface area contributed by atoms with Crippen molar-refractivity contribution >= 4 is 0 Å². The quantitative estimate of drug-likeness (QED) is 0.799. The van der Waals surface area contributed by atoms with Gasteiger partial charge in [-0.15, -0.1) is 0 Å². The molecule has 0 saturated carbocycles. The molecule has 78 valence electrons. The first-order valence-electron chi connectivity index (χ1n) is 4.88. The molecule has 2 heterocycles. The van der Waals surface area contributed by atoms with E-state index in [0.29, 0.717) is 6.54 Å². The molecule has 0 aromatic carbocycles. The zero-order chi connectivity index (χ0) is 10.8. The molecule has 0 aliphatic heterocycles. The minimum absolute atomic E-state index is 0.474. The van der Waals surface area contributed by atoms with Crippen LogP contribution in [0.15, 0.2) is 24.7 Å². The van der Waals surface area contributed by atoms with Crippen molar-refractivity contribution in [3.05, 3.63) is 41.7 Å². The molecule has 0 fully saturated rings. The van der Waals surface area contributed by atoms with Crippen molar-refractivity contribution in [1.82, 2.24) is 14.5 Å². The monoisotopic (exact) mass is 202 g/mol. The number of rotatable bonds is 2. The highest BCUT2D eigenvalue weighted by Crippen LogP contribution is 2.12. The molecule has 0 bridgehead atoms. The van der Waals surface area contributed by atoms with Crippen LogP contribution in [-0.4, -0.2) is 14.5 Å². The van der Waals surface area contributed by atoms with Crippen molar-refractivity contribution in [3.8, 4) is 5.69 Å². The van der Waals surface area contributed by atoms with Crippen LogP contribution in [0.25, 0.3) is 5.69 Å². The number of aromatic nitrogens is 3. The minimum atomic E-state index is 0.474. The number of aryl methyl sites for hydroxylation is 1. The molecule has 0 aliphatic rings. The summed E-state index contributed by atoms with van der Waals surface area (Å²) in [5.74, 6) is 0. The standard InChI is InChI=1S/C11H14N4/c1-8-9(2)15(7-14-8)11-4-3-10(5-12)13-6-11/h3-4,6-7H,5,12H2,1-2H3. The van der Waals surface area contributed by atoms with Crippen LogP contribution in [0.2, 0.25) is 0 Å². The number of nitrogens with zero attached hydrogens (tertiary/aromatic N) is 3. The molecule has 2 rings (SSSR count). The normalized spacial score (nSPS) is 10.6. The van der Waals surface area contributed by atoms with Crippen LogP contribution in [0.5, 0.6) is 0 Å². The lowest BCUT2D eigenvalue weighted by Crippen LogP contribution is -2.01. The predicted molar refractivity (Wildman–Crippen MR) is 58.7 cm³/mol. The maximum absolute atomic E-state index is 5.49. The summed E-state index contributed by atoms with van der Waals surface area (Å²) in [6.45, 7) is 4.51. The van der Waals surface area contributed by atoms with Gasteiger partial charge in [-0.05, 0) is 26.0 Å². The molecule has 0 amide bonds. The first kappa shape index (κ1) is 9.86. The Bertz CT molecular complexity index is 456. The Kier molecular flexibility index (Phi) is 2.51. The largest absolute Gasteiger partial charge is 0.325 e. The van der Waals surface area contributed by atoms with Gasteiger partial charge < -0.3 is 10.3 Å². The molecule has 2 N–H and O–H groups in total. The van der Waals surface area contributed by atoms with E-state index in [1.54, 1.807) is 0 Å². The molecule has 0 radical (unpaired) electrons. The Morgan fingerprint density at radius 2 is 2.07 bits per heavy atom. The van der Waals surface area contributed by atoms with E-state index >= 15 is 0 Å². The van der Waals surface area contributed by atoms with Crippen molar-refractivity contribution in [2.45, 2.75) is 20.4 Å². The molecule has 0 saturated heterocycles. The maximum Gasteiger partial charge on any atom is 0.0997 e. The van der Waals surface area contributed by atoms with E-state index in [9.17, 15) is 0 Å². The first-order valence-corrected chi connectivity index (χ1v) is 4.88. The molecule has 0 aliphatic carbocycles. The van der Waals surface area contributed by atoms with Gasteiger partial charge in [0.1, 0.15) is 0 Å². The van der Waals surface area contributed by atoms with Crippen LogP contribution in [0.1, 0.15) is 17.1 Å². The zero-order valence-electron chi connectivity index (χ0n) is 8.94. The summed E-state index contributed by atoms with van der Waals surface area (Å²) in [4.78, 5) is 8.50. The van der Waals surface area contributed by atoms with Gasteiger partial charge in [0.25, 0.3) is 0 Å². The van der Waals surface area contributed by atoms with Crippen molar-refractivity contribution in [2.75, 3.05) is 0 Å². The van der Waals surface area contributed by atoms with Crippen LogP contribution in [-0.2, 0) is 6.54 Å². The van der Waals surface area contributed by atoms with Gasteiger partial charge in [0.15, 0.2) is 0 Å². The van der Waals surface area contributed by atoms with Crippen LogP contribution < -0.4 is 5.73 Å². The molecule has 2 aromatic heterocycles. The highest BCUT2D eigenvalue weighted by atomic mass is 15.1. The van der Waals surface area contributed by atoms with E-state index in [1.165, 1.54) is 0 Å². The molecule has 0 atom stereocenters. The van der Waals surface area contributed by atoms with E-state index < -0.39 is 0 Å². The van der Waals surface area contributed by atoms with Crippen molar-refractivity contribution in [1.29, 1.82) is 0 Å². The van der Waals surface area contributed by atoms with Gasteiger partial charge in [0.2, 0.25) is 0 Å². The zero-order valence-corrected chi connectivity index (χ0v) is 8.94. The Morgan fingerprint density at radius 1 is 1.27 bits per heavy atom. The lowest BCUT2D eigenvalue weighted by atomic mass is 10.3. The highest BCUT2D eigenvalue weighted by molar-refractivity contribution is 5.33. The fourth-order valence-corrected chi connectivity index (χ4v) is 1.44. The Labute approximate surface area is 88.8 Å². The number of imidazole rings is 1. The van der Waals surface area contributed by atoms with Gasteiger partial charge >= 0.3 is 0 Å². The van der Waals surface area contributed by atoms with Gasteiger partial charge in [-0.25, -0.2) is 4.98 Å². The van der Waals surface area contributed by atoms with E-state index in [-0.39, 0.29) is 0 Å². The van der Waals surface area contributed by atoms with Gasteiger partial charge in [0, 0.05) is 12.2 Å². The number of nitrogens with two attached hydrogens (primary N) is 1. The summed E-state index contributed by atoms with van der Waals surface area (Å²) in [6.07, 6.45) is 3.63. The van der Waals surface area contributed by atoms with Crippen molar-refractivity contribution in [2.24, 2.45) is 5.73 Å². The van der Waals surface area contributed by atoms with Crippen molar-refractivity contribution < 1.29 is 0 Å². The second-order valence-corrected chi connectivity index (χ2v) is 3.50. The SMILES string of the molecule is Cc1ncn(-c2ccc(CN)nc2)c1C. The molecule has 4 nitrogen and oxygen atoms in total. The van der Waals surface area contributed by atoms with Gasteiger partial charge in [0.05, 0.1) is 29.6 Å². The Morgan fingerprint density at radius 3 is 2.53 bits per heavy atom. The summed E-state index contributed by atoms with van der Waals surface area (Å²) >= 11 is 0. The van der Waals surface area contributed by atoms with Gasteiger partial charge in [-0.1, -0.05) is 0 Å². The lowest BCUT2D eigenvalue weighted by Gasteiger charge is -2.05. The first-order chi connectivity index (χ1) is 7.22. The highest BCUT2D eigenvalue weighted by Gasteiger charge is 2.04. The average Bonchev–Trinajstić information content (AvgIpc) is 2.60. The third kappa shape index (κ3) is 1.76. The second-order valence-electron chi connectivity index (χ2n) is 3.50. The molecule has 4 heteroatoms. The molecule has 0 spiro atoms. The average molecular weight is 202 g/mol. The summed E-state index contributed by atoms with van der Waals surface area (Å²) in [5, 5.41) is 0. The number of hydrogen-bond acceptors (Lipinski definition) is 3. The molecular formula is C11H14N4. The molecule has 2 aromatic rings. The topological polar surface area (TPSA) is 56.7 Å². The summed E-state index contributed by atoms with van der Waals surface area (Å²) in [6, 6.07) is 3.94. The Hall–Kier alpha value is -1.68. The molecule has 15 heavy (non-hydrogen) atoms. The Balaban J connectivity index is 2.41. The third-order valence-electron chi connectivity index (χ3n) is 2.55. The molecule has 0 unspecified atom stereocenters. The third-order valence-corrected chi connectivity index (χ3v) is 2.55. The number of hydrogen-bond donors (Lipinski definition) is 1. The maximum atomic E-state index is 5.49. The molecular weight excluding hydrogens is 188 g/mol. The minimum Gasteiger partial charge on any atom is -0.325 e. The van der Waals surface area contributed by atoms with E-state index in [4.69, 9.17) is 5.73 Å². The summed E-state index contributed by atoms with van der Waals surface area (Å²) < 4.78 is 2.02. The predicted octanol–water partition coefficient (Wildman–Crippen LogP) is 1.34. The van der Waals surface area contributed by atoms with Gasteiger partial charge in [-0.2, -0.15) is 0 Å². The van der Waals surface area contributed by atoms with Crippen LogP contribution in [0, 0.1) is 13.8 Å². The summed E-state index contributed by atoms with van der Waals surface area (Å²) in [7, 11) is 0. The van der Waals surface area contributed by atoms with Crippen LogP contribution >= 0.6 is 0 Å². The van der Waals surface area contributed by atoms with Crippen LogP contribution in [0.3, 0.4) is 0 Å². The smallest absolute Gasteiger partial charge is 0.0997 e. The fraction of sp³-hybridized carbons (Fsp3) is 0.273. The van der Waals surface area contributed by atoms with E-state index in [2.05, 4.69) is 9.97 Å². The number of pyridine rings is 1. The van der Waals surface area contributed by atoms with E-state index in [0.717, 1.165) is 22.8 Å². The summed E-state index contributed by atoms with van der Waals surface area (Å²) in [5.41, 5.74) is 9.58. The van der Waals surface area contributed by atoms with Gasteiger partial charge in [-0.3, -0.25) is 4.98 Å². The van der Waals surface area contributed by atoms with E-state index in [1.807, 2.05) is 43.1 Å². The van der Waals surface area contributed by atoms with Crippen LogP contribution in [0.4, 0.5) is 0 Å². The van der Waals surface area contributed by atoms with Crippen molar-refractivity contribution in [3.63, 3.8) is 0 Å². The second kappa shape index (κ2) is 3.82. The fourth-order valence-electron chi connectivity index (χ4n) is 1.44.